The van der Waals surface area contributed by atoms with Gasteiger partial charge >= 0.3 is 5.97 Å². The van der Waals surface area contributed by atoms with Gasteiger partial charge in [0, 0.05) is 18.6 Å². The van der Waals surface area contributed by atoms with E-state index in [1.807, 2.05) is 0 Å². The topological polar surface area (TPSA) is 113 Å². The molecule has 3 fully saturated rings. The normalized spacial score (nSPS) is 29.2. The predicted molar refractivity (Wildman–Crippen MR) is 169 cm³/mol. The summed E-state index contributed by atoms with van der Waals surface area (Å²) in [6.45, 7) is 16.0. The zero-order chi connectivity index (χ0) is 31.5. The molecule has 4 rings (SSSR count). The molecule has 3 aliphatic carbocycles. The first-order valence-corrected chi connectivity index (χ1v) is 15.7. The summed E-state index contributed by atoms with van der Waals surface area (Å²) in [5, 5.41) is 22.5. The van der Waals surface area contributed by atoms with E-state index in [-0.39, 0.29) is 11.0 Å². The van der Waals surface area contributed by atoms with Gasteiger partial charge in [0.25, 0.3) is 11.4 Å². The van der Waals surface area contributed by atoms with E-state index in [0.29, 0.717) is 48.9 Å². The first kappa shape index (κ1) is 32.4. The molecule has 6 atom stereocenters. The van der Waals surface area contributed by atoms with Gasteiger partial charge in [-0.15, -0.1) is 0 Å². The number of nitrogens with zero attached hydrogens (tertiary/aromatic N) is 2. The highest BCUT2D eigenvalue weighted by molar-refractivity contribution is 5.91. The molecule has 3 saturated carbocycles. The van der Waals surface area contributed by atoms with Crippen LogP contribution in [0.25, 0.3) is 0 Å². The lowest BCUT2D eigenvalue weighted by molar-refractivity contribution is -0.394. The molecule has 0 unspecified atom stereocenters. The summed E-state index contributed by atoms with van der Waals surface area (Å²) in [7, 11) is 0. The maximum absolute atomic E-state index is 12.9. The smallest absolute Gasteiger partial charge is 0.338 e. The lowest BCUT2D eigenvalue weighted by Crippen LogP contribution is -2.35. The summed E-state index contributed by atoms with van der Waals surface area (Å²) < 4.78 is 5.70. The second-order valence-corrected chi connectivity index (χ2v) is 13.5. The lowest BCUT2D eigenvalue weighted by atomic mass is 9.61. The summed E-state index contributed by atoms with van der Waals surface area (Å²) in [4.78, 5) is 33.9. The third-order valence-corrected chi connectivity index (χ3v) is 10.4. The van der Waals surface area contributed by atoms with Crippen molar-refractivity contribution in [1.82, 2.24) is 0 Å². The molecular formula is C35H46N2O6. The number of carbonyl (C=O) groups is 1. The van der Waals surface area contributed by atoms with Crippen LogP contribution in [0.1, 0.15) is 96.3 Å². The molecular weight excluding hydrogens is 544 g/mol. The molecule has 1 aromatic carbocycles. The van der Waals surface area contributed by atoms with Gasteiger partial charge < -0.3 is 4.74 Å². The standard InChI is InChI=1S/C35H46N2O6/c1-22(2)23(3)9-10-25(5)32-15-16-33-26(8-7-17-35(32,33)6)12-13-27-20-31(14-11-24(27)4)43-34(38)28-18-29(36(39)40)21-30(19-28)37(41)42/h9-10,12-13,18-19,21-23,25,31-33H,4,7-8,11,14-17,20H2,1-3,5-6H3/b10-9+,26-12+,27-13-/t23-,25+,31+,32-,33-,35+/m1/s1. The largest absolute Gasteiger partial charge is 0.458 e. The Bertz CT molecular complexity index is 1330. The molecule has 0 N–H and O–H groups in total. The number of benzene rings is 1. The summed E-state index contributed by atoms with van der Waals surface area (Å²) >= 11 is 0. The summed E-state index contributed by atoms with van der Waals surface area (Å²) in [6.07, 6.45) is 16.6. The Hall–Kier alpha value is -3.55. The SMILES string of the molecule is C=C1CC[C@H](OC(=O)c2cc([N+](=O)[O-])cc([N+](=O)[O-])c2)C/C1=C/C=C1\CCC[C@]2(C)[C@@H]1CC[C@@H]2[C@@H](C)/C=C/[C@@H](C)C(C)C. The van der Waals surface area contributed by atoms with Crippen molar-refractivity contribution in [2.24, 2.45) is 35.0 Å². The van der Waals surface area contributed by atoms with E-state index in [1.54, 1.807) is 0 Å². The lowest BCUT2D eigenvalue weighted by Gasteiger charge is -2.44. The average molecular weight is 591 g/mol. The van der Waals surface area contributed by atoms with Gasteiger partial charge in [-0.2, -0.15) is 0 Å². The molecule has 0 spiro atoms. The van der Waals surface area contributed by atoms with Gasteiger partial charge in [0.1, 0.15) is 6.10 Å². The van der Waals surface area contributed by atoms with Crippen LogP contribution in [0.3, 0.4) is 0 Å². The van der Waals surface area contributed by atoms with Crippen LogP contribution in [0.5, 0.6) is 0 Å². The molecule has 43 heavy (non-hydrogen) atoms. The molecule has 1 aromatic rings. The van der Waals surface area contributed by atoms with Gasteiger partial charge in [0.05, 0.1) is 21.5 Å². The molecule has 0 heterocycles. The molecule has 232 valence electrons. The van der Waals surface area contributed by atoms with Crippen LogP contribution in [0.4, 0.5) is 11.4 Å². The van der Waals surface area contributed by atoms with Crippen molar-refractivity contribution < 1.29 is 19.4 Å². The Balaban J connectivity index is 1.47. The minimum atomic E-state index is -0.798. The number of fused-ring (bicyclic) bond motifs is 1. The number of nitro benzene ring substituents is 2. The molecule has 8 heteroatoms. The number of hydrogen-bond acceptors (Lipinski definition) is 6. The van der Waals surface area contributed by atoms with E-state index >= 15 is 0 Å². The quantitative estimate of drug-likeness (QED) is 0.123. The Labute approximate surface area is 255 Å². The highest BCUT2D eigenvalue weighted by Crippen LogP contribution is 2.59. The van der Waals surface area contributed by atoms with Crippen molar-refractivity contribution in [3.05, 3.63) is 91.6 Å². The van der Waals surface area contributed by atoms with Crippen LogP contribution < -0.4 is 0 Å². The van der Waals surface area contributed by atoms with Gasteiger partial charge in [0.2, 0.25) is 0 Å². The predicted octanol–water partition coefficient (Wildman–Crippen LogP) is 9.32. The Morgan fingerprint density at radius 2 is 1.67 bits per heavy atom. The van der Waals surface area contributed by atoms with Crippen LogP contribution in [-0.4, -0.2) is 21.9 Å². The third-order valence-electron chi connectivity index (χ3n) is 10.4. The van der Waals surface area contributed by atoms with Crippen LogP contribution >= 0.6 is 0 Å². The number of non-ortho nitro benzene ring substituents is 2. The van der Waals surface area contributed by atoms with E-state index < -0.39 is 33.3 Å². The van der Waals surface area contributed by atoms with E-state index in [2.05, 4.69) is 65.5 Å². The summed E-state index contributed by atoms with van der Waals surface area (Å²) in [5.41, 5.74) is 2.63. The summed E-state index contributed by atoms with van der Waals surface area (Å²) in [5.74, 6) is 2.21. The van der Waals surface area contributed by atoms with Gasteiger partial charge in [0.15, 0.2) is 0 Å². The number of allylic oxidation sites excluding steroid dienone is 6. The number of hydrogen-bond donors (Lipinski definition) is 0. The maximum Gasteiger partial charge on any atom is 0.338 e. The number of ether oxygens (including phenoxy) is 1. The van der Waals surface area contributed by atoms with Gasteiger partial charge in [-0.05, 0) is 85.5 Å². The van der Waals surface area contributed by atoms with Crippen LogP contribution in [-0.2, 0) is 4.74 Å². The Morgan fingerprint density at radius 3 is 2.30 bits per heavy atom. The minimum absolute atomic E-state index is 0.196. The van der Waals surface area contributed by atoms with E-state index in [1.165, 1.54) is 31.3 Å². The average Bonchev–Trinajstić information content (AvgIpc) is 3.33. The fraction of sp³-hybridized carbons (Fsp3) is 0.571. The van der Waals surface area contributed by atoms with Crippen LogP contribution in [0.2, 0.25) is 0 Å². The van der Waals surface area contributed by atoms with Crippen LogP contribution in [0.15, 0.2) is 65.8 Å². The molecule has 0 saturated heterocycles. The molecule has 0 amide bonds. The Morgan fingerprint density at radius 1 is 1.00 bits per heavy atom. The molecule has 3 aliphatic rings. The highest BCUT2D eigenvalue weighted by atomic mass is 16.6. The first-order valence-electron chi connectivity index (χ1n) is 15.7. The molecule has 0 aromatic heterocycles. The molecule has 0 aliphatic heterocycles. The fourth-order valence-electron chi connectivity index (χ4n) is 7.47. The van der Waals surface area contributed by atoms with Gasteiger partial charge in [-0.3, -0.25) is 20.2 Å². The second kappa shape index (κ2) is 13.4. The number of nitro groups is 2. The fourth-order valence-corrected chi connectivity index (χ4v) is 7.47. The third kappa shape index (κ3) is 7.34. The van der Waals surface area contributed by atoms with Gasteiger partial charge in [-0.1, -0.05) is 76.6 Å². The second-order valence-electron chi connectivity index (χ2n) is 13.5. The van der Waals surface area contributed by atoms with Crippen molar-refractivity contribution in [3.63, 3.8) is 0 Å². The highest BCUT2D eigenvalue weighted by Gasteiger charge is 2.50. The molecule has 8 nitrogen and oxygen atoms in total. The first-order chi connectivity index (χ1) is 20.3. The van der Waals surface area contributed by atoms with E-state index in [4.69, 9.17) is 4.74 Å². The van der Waals surface area contributed by atoms with Crippen molar-refractivity contribution in [3.8, 4) is 0 Å². The van der Waals surface area contributed by atoms with Gasteiger partial charge in [-0.25, -0.2) is 4.79 Å². The number of esters is 1. The van der Waals surface area contributed by atoms with Crippen molar-refractivity contribution in [2.75, 3.05) is 0 Å². The zero-order valence-corrected chi connectivity index (χ0v) is 26.2. The minimum Gasteiger partial charge on any atom is -0.458 e. The van der Waals surface area contributed by atoms with E-state index in [0.717, 1.165) is 35.8 Å². The maximum atomic E-state index is 12.9. The monoisotopic (exact) mass is 590 g/mol. The van der Waals surface area contributed by atoms with Crippen molar-refractivity contribution in [1.29, 1.82) is 0 Å². The molecule has 0 radical (unpaired) electrons. The number of carbonyl (C=O) groups excluding carboxylic acids is 1. The Kier molecular flexibility index (Phi) is 10.1. The molecule has 0 bridgehead atoms. The number of rotatable bonds is 9. The van der Waals surface area contributed by atoms with Crippen molar-refractivity contribution >= 4 is 17.3 Å². The zero-order valence-electron chi connectivity index (χ0n) is 26.2. The van der Waals surface area contributed by atoms with E-state index in [9.17, 15) is 25.0 Å². The van der Waals surface area contributed by atoms with Crippen molar-refractivity contribution in [2.45, 2.75) is 92.1 Å². The van der Waals surface area contributed by atoms with Crippen LogP contribution in [0, 0.1) is 55.2 Å². The summed E-state index contributed by atoms with van der Waals surface area (Å²) in [6, 6.07) is 2.88.